The van der Waals surface area contributed by atoms with E-state index in [-0.39, 0.29) is 30.6 Å². The van der Waals surface area contributed by atoms with Gasteiger partial charge in [0.25, 0.3) is 5.91 Å². The highest BCUT2D eigenvalue weighted by Crippen LogP contribution is 2.33. The predicted octanol–water partition coefficient (Wildman–Crippen LogP) is 4.02. The molecule has 2 heterocycles. The lowest BCUT2D eigenvalue weighted by molar-refractivity contribution is -0.150. The van der Waals surface area contributed by atoms with Crippen LogP contribution in [0.1, 0.15) is 56.6 Å². The Morgan fingerprint density at radius 2 is 1.66 bits per heavy atom. The summed E-state index contributed by atoms with van der Waals surface area (Å²) in [5.74, 6) is 0.753. The molecule has 5 rings (SSSR count). The van der Waals surface area contributed by atoms with E-state index >= 15 is 0 Å². The average molecular weight is 479 g/mol. The fourth-order valence-electron chi connectivity index (χ4n) is 5.29. The maximum atomic E-state index is 14.0. The van der Waals surface area contributed by atoms with Gasteiger partial charge < -0.3 is 24.4 Å². The van der Waals surface area contributed by atoms with E-state index in [1.807, 2.05) is 48.5 Å². The SMILES string of the molecule is O=C(NC1CCCCC1)[C@@H](c1ccccc1)N(C[C@H]1CCCO1)C(=O)[C@@H]1COc2ccccc2O1. The highest BCUT2D eigenvalue weighted by molar-refractivity contribution is 5.91. The Bertz CT molecular complexity index is 1000. The Labute approximate surface area is 206 Å². The van der Waals surface area contributed by atoms with E-state index in [1.54, 1.807) is 11.0 Å². The average Bonchev–Trinajstić information content (AvgIpc) is 3.42. The third kappa shape index (κ3) is 5.61. The molecule has 2 fully saturated rings. The van der Waals surface area contributed by atoms with Gasteiger partial charge in [0.05, 0.1) is 6.10 Å². The highest BCUT2D eigenvalue weighted by atomic mass is 16.6. The third-order valence-corrected chi connectivity index (χ3v) is 7.12. The second kappa shape index (κ2) is 11.1. The zero-order valence-electron chi connectivity index (χ0n) is 20.1. The molecule has 0 unspecified atom stereocenters. The van der Waals surface area contributed by atoms with Gasteiger partial charge in [0, 0.05) is 19.2 Å². The molecule has 1 saturated carbocycles. The molecule has 35 heavy (non-hydrogen) atoms. The zero-order chi connectivity index (χ0) is 24.0. The number of hydrogen-bond acceptors (Lipinski definition) is 5. The zero-order valence-corrected chi connectivity index (χ0v) is 20.1. The van der Waals surface area contributed by atoms with Crippen LogP contribution in [0, 0.1) is 0 Å². The minimum atomic E-state index is -0.833. The Morgan fingerprint density at radius 1 is 0.914 bits per heavy atom. The number of para-hydroxylation sites is 2. The van der Waals surface area contributed by atoms with Crippen LogP contribution < -0.4 is 14.8 Å². The fraction of sp³-hybridized carbons (Fsp3) is 0.500. The molecule has 2 amide bonds. The number of rotatable bonds is 7. The van der Waals surface area contributed by atoms with Crippen LogP contribution in [0.5, 0.6) is 11.5 Å². The van der Waals surface area contributed by atoms with E-state index < -0.39 is 12.1 Å². The van der Waals surface area contributed by atoms with Gasteiger partial charge >= 0.3 is 0 Å². The first-order valence-corrected chi connectivity index (χ1v) is 12.8. The number of nitrogens with zero attached hydrogens (tertiary/aromatic N) is 1. The molecule has 3 atom stereocenters. The van der Waals surface area contributed by atoms with Crippen LogP contribution in [-0.4, -0.2) is 54.7 Å². The molecule has 0 bridgehead atoms. The summed E-state index contributed by atoms with van der Waals surface area (Å²) in [5.41, 5.74) is 0.782. The van der Waals surface area contributed by atoms with Crippen molar-refractivity contribution in [2.75, 3.05) is 19.8 Å². The van der Waals surface area contributed by atoms with Crippen LogP contribution in [0.3, 0.4) is 0 Å². The molecule has 186 valence electrons. The number of hydrogen-bond donors (Lipinski definition) is 1. The van der Waals surface area contributed by atoms with E-state index in [1.165, 1.54) is 6.42 Å². The molecule has 7 nitrogen and oxygen atoms in total. The van der Waals surface area contributed by atoms with Crippen LogP contribution >= 0.6 is 0 Å². The summed E-state index contributed by atoms with van der Waals surface area (Å²) in [7, 11) is 0. The molecule has 1 saturated heterocycles. The van der Waals surface area contributed by atoms with Gasteiger partial charge in [0.15, 0.2) is 11.5 Å². The van der Waals surface area contributed by atoms with Crippen LogP contribution in [-0.2, 0) is 14.3 Å². The molecular formula is C28H34N2O5. The second-order valence-corrected chi connectivity index (χ2v) is 9.65. The smallest absolute Gasteiger partial charge is 0.268 e. The van der Waals surface area contributed by atoms with Crippen molar-refractivity contribution >= 4 is 11.8 Å². The topological polar surface area (TPSA) is 77.1 Å². The largest absolute Gasteiger partial charge is 0.485 e. The molecule has 7 heteroatoms. The molecule has 0 radical (unpaired) electrons. The van der Waals surface area contributed by atoms with Crippen molar-refractivity contribution in [3.63, 3.8) is 0 Å². The van der Waals surface area contributed by atoms with Crippen LogP contribution in [0.2, 0.25) is 0 Å². The van der Waals surface area contributed by atoms with Crippen molar-refractivity contribution in [1.82, 2.24) is 10.2 Å². The first kappa shape index (κ1) is 23.7. The minimum Gasteiger partial charge on any atom is -0.485 e. The molecule has 3 aliphatic rings. The quantitative estimate of drug-likeness (QED) is 0.650. The molecule has 0 spiro atoms. The summed E-state index contributed by atoms with van der Waals surface area (Å²) in [6.45, 7) is 1.11. The molecule has 1 aliphatic carbocycles. The number of carbonyl (C=O) groups excluding carboxylic acids is 2. The van der Waals surface area contributed by atoms with Gasteiger partial charge in [-0.2, -0.15) is 0 Å². The van der Waals surface area contributed by atoms with E-state index in [9.17, 15) is 9.59 Å². The summed E-state index contributed by atoms with van der Waals surface area (Å²) >= 11 is 0. The number of carbonyl (C=O) groups is 2. The number of ether oxygens (including phenoxy) is 3. The number of amides is 2. The first-order chi connectivity index (χ1) is 17.2. The van der Waals surface area contributed by atoms with Gasteiger partial charge in [-0.1, -0.05) is 61.7 Å². The van der Waals surface area contributed by atoms with Crippen molar-refractivity contribution in [3.8, 4) is 11.5 Å². The van der Waals surface area contributed by atoms with Gasteiger partial charge in [-0.25, -0.2) is 0 Å². The van der Waals surface area contributed by atoms with Crippen LogP contribution in [0.25, 0.3) is 0 Å². The van der Waals surface area contributed by atoms with Crippen LogP contribution in [0.4, 0.5) is 0 Å². The standard InChI is InChI=1S/C28H34N2O5/c31-27(29-21-12-5-2-6-13-21)26(20-10-3-1-4-11-20)30(18-22-14-9-17-33-22)28(32)25-19-34-23-15-7-8-16-24(23)35-25/h1,3-4,7-8,10-11,15-16,21-22,25-26H,2,5-6,9,12-14,17-19H2,(H,29,31)/t22-,25+,26-/m1/s1. The molecule has 0 aromatic heterocycles. The monoisotopic (exact) mass is 478 g/mol. The lowest BCUT2D eigenvalue weighted by atomic mass is 9.94. The molecule has 1 N–H and O–H groups in total. The van der Waals surface area contributed by atoms with Crippen molar-refractivity contribution in [1.29, 1.82) is 0 Å². The first-order valence-electron chi connectivity index (χ1n) is 12.8. The highest BCUT2D eigenvalue weighted by Gasteiger charge is 2.40. The van der Waals surface area contributed by atoms with E-state index in [4.69, 9.17) is 14.2 Å². The summed E-state index contributed by atoms with van der Waals surface area (Å²) in [5, 5.41) is 3.25. The van der Waals surface area contributed by atoms with Crippen molar-refractivity contribution in [3.05, 3.63) is 60.2 Å². The second-order valence-electron chi connectivity index (χ2n) is 9.65. The normalized spacial score (nSPS) is 22.9. The van der Waals surface area contributed by atoms with Gasteiger partial charge in [0.1, 0.15) is 12.6 Å². The predicted molar refractivity (Wildman–Crippen MR) is 131 cm³/mol. The number of benzene rings is 2. The summed E-state index contributed by atoms with van der Waals surface area (Å²) in [6.07, 6.45) is 6.27. The summed E-state index contributed by atoms with van der Waals surface area (Å²) in [4.78, 5) is 29.4. The Hall–Kier alpha value is -3.06. The van der Waals surface area contributed by atoms with Crippen LogP contribution in [0.15, 0.2) is 54.6 Å². The van der Waals surface area contributed by atoms with Crippen molar-refractivity contribution in [2.24, 2.45) is 0 Å². The minimum absolute atomic E-state index is 0.101. The Morgan fingerprint density at radius 3 is 2.40 bits per heavy atom. The lowest BCUT2D eigenvalue weighted by Crippen LogP contribution is -2.54. The summed E-state index contributed by atoms with van der Waals surface area (Å²) < 4.78 is 17.8. The molecule has 2 aromatic rings. The van der Waals surface area contributed by atoms with Crippen molar-refractivity contribution < 1.29 is 23.8 Å². The number of fused-ring (bicyclic) bond motifs is 1. The molecule has 2 aromatic carbocycles. The maximum absolute atomic E-state index is 14.0. The maximum Gasteiger partial charge on any atom is 0.268 e. The number of nitrogens with one attached hydrogen (secondary N) is 1. The Kier molecular flexibility index (Phi) is 7.52. The molecule has 2 aliphatic heterocycles. The van der Waals surface area contributed by atoms with Crippen molar-refractivity contribution in [2.45, 2.75) is 69.2 Å². The van der Waals surface area contributed by atoms with Gasteiger partial charge in [0.2, 0.25) is 12.0 Å². The Balaban J connectivity index is 1.44. The van der Waals surface area contributed by atoms with Gasteiger partial charge in [-0.15, -0.1) is 0 Å². The summed E-state index contributed by atoms with van der Waals surface area (Å²) in [6, 6.07) is 16.3. The third-order valence-electron chi connectivity index (χ3n) is 7.12. The van der Waals surface area contributed by atoms with Gasteiger partial charge in [-0.3, -0.25) is 9.59 Å². The van der Waals surface area contributed by atoms with Gasteiger partial charge in [-0.05, 0) is 43.4 Å². The fourth-order valence-corrected chi connectivity index (χ4v) is 5.29. The van der Waals surface area contributed by atoms with E-state index in [0.29, 0.717) is 24.7 Å². The van der Waals surface area contributed by atoms with E-state index in [0.717, 1.165) is 44.1 Å². The van der Waals surface area contributed by atoms with E-state index in [2.05, 4.69) is 5.32 Å². The molecular weight excluding hydrogens is 444 g/mol. The lowest BCUT2D eigenvalue weighted by Gasteiger charge is -2.37.